The van der Waals surface area contributed by atoms with E-state index in [1.54, 1.807) is 30.3 Å². The van der Waals surface area contributed by atoms with Crippen LogP contribution in [0.3, 0.4) is 0 Å². The van der Waals surface area contributed by atoms with E-state index in [4.69, 9.17) is 25.8 Å². The first kappa shape index (κ1) is 21.5. The molecule has 1 saturated heterocycles. The molecule has 4 rings (SSSR count). The van der Waals surface area contributed by atoms with Crippen LogP contribution in [-0.4, -0.2) is 42.9 Å². The number of benzene rings is 2. The molecule has 2 aliphatic rings. The lowest BCUT2D eigenvalue weighted by molar-refractivity contribution is -0.144. The summed E-state index contributed by atoms with van der Waals surface area (Å²) in [4.78, 5) is 39.6. The molecule has 0 saturated carbocycles. The number of carbonyl (C=O) groups excluding carboxylic acids is 3. The number of ether oxygens (including phenoxy) is 3. The molecule has 162 valence electrons. The Labute approximate surface area is 191 Å². The second-order valence-corrected chi connectivity index (χ2v) is 8.31. The van der Waals surface area contributed by atoms with E-state index in [2.05, 4.69) is 21.2 Å². The van der Waals surface area contributed by atoms with E-state index >= 15 is 0 Å². The van der Waals surface area contributed by atoms with Gasteiger partial charge in [-0.25, -0.2) is 4.79 Å². The number of rotatable bonds is 5. The molecule has 2 aromatic rings. The molecule has 0 radical (unpaired) electrons. The van der Waals surface area contributed by atoms with Gasteiger partial charge in [-0.05, 0) is 36.8 Å². The molecule has 31 heavy (non-hydrogen) atoms. The van der Waals surface area contributed by atoms with E-state index in [0.717, 1.165) is 4.47 Å². The number of nitrogens with zero attached hydrogens (tertiary/aromatic N) is 1. The molecule has 2 aromatic carbocycles. The van der Waals surface area contributed by atoms with E-state index < -0.39 is 24.1 Å². The minimum absolute atomic E-state index is 0.156. The third-order valence-corrected chi connectivity index (χ3v) is 6.07. The maximum absolute atomic E-state index is 13.0. The molecule has 2 heterocycles. The molecule has 0 unspecified atom stereocenters. The highest BCUT2D eigenvalue weighted by Gasteiger charge is 2.47. The third-order valence-electron chi connectivity index (χ3n) is 5.27. The summed E-state index contributed by atoms with van der Waals surface area (Å²) in [5.74, 6) is -0.763. The predicted octanol–water partition coefficient (Wildman–Crippen LogP) is 3.92. The SMILES string of the molecule is COc1ccc2c(c1OC)C(=O)O[C@H]2N1C(=O)CC[C@@H]1C(=O)Nc1ccc(Br)cc1Cl. The largest absolute Gasteiger partial charge is 0.493 e. The zero-order chi connectivity index (χ0) is 22.3. The van der Waals surface area contributed by atoms with Crippen LogP contribution in [0.2, 0.25) is 5.02 Å². The Morgan fingerprint density at radius 3 is 2.68 bits per heavy atom. The van der Waals surface area contributed by atoms with Crippen LogP contribution in [-0.2, 0) is 14.3 Å². The van der Waals surface area contributed by atoms with Gasteiger partial charge >= 0.3 is 5.97 Å². The fraction of sp³-hybridized carbons (Fsp3) is 0.286. The highest BCUT2D eigenvalue weighted by atomic mass is 79.9. The Hall–Kier alpha value is -2.78. The predicted molar refractivity (Wildman–Crippen MR) is 115 cm³/mol. The van der Waals surface area contributed by atoms with Crippen molar-refractivity contribution in [3.8, 4) is 11.5 Å². The van der Waals surface area contributed by atoms with Crippen molar-refractivity contribution in [3.05, 3.63) is 51.0 Å². The third kappa shape index (κ3) is 3.72. The average Bonchev–Trinajstić information content (AvgIpc) is 3.29. The lowest BCUT2D eigenvalue weighted by Gasteiger charge is -2.29. The molecule has 0 aromatic heterocycles. The van der Waals surface area contributed by atoms with Gasteiger partial charge in [0.2, 0.25) is 18.0 Å². The fourth-order valence-corrected chi connectivity index (χ4v) is 4.57. The summed E-state index contributed by atoms with van der Waals surface area (Å²) < 4.78 is 16.9. The van der Waals surface area contributed by atoms with Crippen LogP contribution in [0.15, 0.2) is 34.8 Å². The molecule has 0 spiro atoms. The number of fused-ring (bicyclic) bond motifs is 1. The molecule has 0 bridgehead atoms. The van der Waals surface area contributed by atoms with Gasteiger partial charge < -0.3 is 19.5 Å². The monoisotopic (exact) mass is 508 g/mol. The fourth-order valence-electron chi connectivity index (χ4n) is 3.85. The van der Waals surface area contributed by atoms with E-state index in [1.807, 2.05) is 0 Å². The molecule has 8 nitrogen and oxygen atoms in total. The van der Waals surface area contributed by atoms with Crippen molar-refractivity contribution in [2.45, 2.75) is 25.1 Å². The van der Waals surface area contributed by atoms with Gasteiger partial charge in [0.1, 0.15) is 11.6 Å². The van der Waals surface area contributed by atoms with E-state index in [9.17, 15) is 14.4 Å². The van der Waals surface area contributed by atoms with Crippen LogP contribution in [0.1, 0.15) is 35.0 Å². The lowest BCUT2D eigenvalue weighted by Crippen LogP contribution is -2.43. The number of esters is 1. The van der Waals surface area contributed by atoms with Gasteiger partial charge in [0.05, 0.1) is 24.9 Å². The Morgan fingerprint density at radius 1 is 1.23 bits per heavy atom. The number of amides is 2. The van der Waals surface area contributed by atoms with Crippen molar-refractivity contribution in [1.82, 2.24) is 4.90 Å². The molecule has 1 fully saturated rings. The summed E-state index contributed by atoms with van der Waals surface area (Å²) in [7, 11) is 2.87. The van der Waals surface area contributed by atoms with E-state index in [-0.39, 0.29) is 30.1 Å². The van der Waals surface area contributed by atoms with Crippen LogP contribution in [0, 0.1) is 0 Å². The molecule has 1 N–H and O–H groups in total. The zero-order valence-corrected chi connectivity index (χ0v) is 19.0. The maximum atomic E-state index is 13.0. The van der Waals surface area contributed by atoms with Gasteiger partial charge in [0.15, 0.2) is 11.5 Å². The van der Waals surface area contributed by atoms with E-state index in [0.29, 0.717) is 22.0 Å². The van der Waals surface area contributed by atoms with E-state index in [1.165, 1.54) is 19.1 Å². The van der Waals surface area contributed by atoms with Crippen LogP contribution in [0.4, 0.5) is 5.69 Å². The summed E-state index contributed by atoms with van der Waals surface area (Å²) in [5.41, 5.74) is 1.04. The van der Waals surface area contributed by atoms with Gasteiger partial charge in [0.25, 0.3) is 0 Å². The first-order valence-corrected chi connectivity index (χ1v) is 10.6. The molecule has 2 amide bonds. The van der Waals surface area contributed by atoms with Crippen LogP contribution in [0.5, 0.6) is 11.5 Å². The van der Waals surface area contributed by atoms with Crippen molar-refractivity contribution >= 4 is 51.0 Å². The first-order chi connectivity index (χ1) is 14.8. The normalized spacial score (nSPS) is 19.8. The number of hydrogen-bond acceptors (Lipinski definition) is 6. The summed E-state index contributed by atoms with van der Waals surface area (Å²) in [5, 5.41) is 3.11. The first-order valence-electron chi connectivity index (χ1n) is 9.38. The van der Waals surface area contributed by atoms with Crippen LogP contribution in [0.25, 0.3) is 0 Å². The van der Waals surface area contributed by atoms with Crippen LogP contribution >= 0.6 is 27.5 Å². The van der Waals surface area contributed by atoms with Crippen molar-refractivity contribution in [3.63, 3.8) is 0 Å². The maximum Gasteiger partial charge on any atom is 0.344 e. The minimum atomic E-state index is -1.03. The highest BCUT2D eigenvalue weighted by molar-refractivity contribution is 9.10. The average molecular weight is 510 g/mol. The molecule has 10 heteroatoms. The summed E-state index contributed by atoms with van der Waals surface area (Å²) in [6.07, 6.45) is -0.591. The number of methoxy groups -OCH3 is 2. The quantitative estimate of drug-likeness (QED) is 0.614. The van der Waals surface area contributed by atoms with Gasteiger partial charge in [-0.1, -0.05) is 27.5 Å². The van der Waals surface area contributed by atoms with Gasteiger partial charge in [-0.15, -0.1) is 0 Å². The molecule has 0 aliphatic carbocycles. The lowest BCUT2D eigenvalue weighted by atomic mass is 10.1. The number of hydrogen-bond donors (Lipinski definition) is 1. The second-order valence-electron chi connectivity index (χ2n) is 6.99. The molecular formula is C21H18BrClN2O6. The Morgan fingerprint density at radius 2 is 2.00 bits per heavy atom. The number of likely N-dealkylation sites (tertiary alicyclic amines) is 1. The van der Waals surface area contributed by atoms with Crippen molar-refractivity contribution < 1.29 is 28.6 Å². The summed E-state index contributed by atoms with van der Waals surface area (Å²) in [6.45, 7) is 0. The van der Waals surface area contributed by atoms with Crippen molar-refractivity contribution in [2.24, 2.45) is 0 Å². The number of cyclic esters (lactones) is 1. The van der Waals surface area contributed by atoms with Crippen LogP contribution < -0.4 is 14.8 Å². The number of nitrogens with one attached hydrogen (secondary N) is 1. The second kappa shape index (κ2) is 8.39. The summed E-state index contributed by atoms with van der Waals surface area (Å²) >= 11 is 9.52. The smallest absolute Gasteiger partial charge is 0.344 e. The van der Waals surface area contributed by atoms with Gasteiger partial charge in [0, 0.05) is 16.5 Å². The number of halogens is 2. The topological polar surface area (TPSA) is 94.2 Å². The van der Waals surface area contributed by atoms with Gasteiger partial charge in [-0.2, -0.15) is 0 Å². The molecule has 2 aliphatic heterocycles. The summed E-state index contributed by atoms with van der Waals surface area (Å²) in [6, 6.07) is 7.50. The Kier molecular flexibility index (Phi) is 5.81. The molecular weight excluding hydrogens is 492 g/mol. The zero-order valence-electron chi connectivity index (χ0n) is 16.6. The number of carbonyl (C=O) groups is 3. The minimum Gasteiger partial charge on any atom is -0.493 e. The Balaban J connectivity index is 1.65. The number of anilines is 1. The standard InChI is InChI=1S/C21H18BrClN2O6/c1-29-15-7-4-11-17(18(15)30-2)21(28)31-20(11)25-14(6-8-16(25)26)19(27)24-13-5-3-10(22)9-12(13)23/h3-5,7,9,14,20H,6,8H2,1-2H3,(H,24,27)/t14-,20-/m1/s1. The highest BCUT2D eigenvalue weighted by Crippen LogP contribution is 2.45. The molecule has 2 atom stereocenters. The van der Waals surface area contributed by atoms with Gasteiger partial charge in [-0.3, -0.25) is 14.5 Å². The van der Waals surface area contributed by atoms with Crippen molar-refractivity contribution in [1.29, 1.82) is 0 Å². The Bertz CT molecular complexity index is 1090. The van der Waals surface area contributed by atoms with Crippen molar-refractivity contribution in [2.75, 3.05) is 19.5 Å².